The maximum Gasteiger partial charge on any atom is 0.252 e. The summed E-state index contributed by atoms with van der Waals surface area (Å²) in [6, 6.07) is 5.36. The number of methoxy groups -OCH3 is 1. The molecule has 2 aliphatic heterocycles. The number of ether oxygens (including phenoxy) is 1. The van der Waals surface area contributed by atoms with Crippen LogP contribution in [0.5, 0.6) is 0 Å². The molecule has 0 aliphatic carbocycles. The second-order valence-corrected chi connectivity index (χ2v) is 12.4. The summed E-state index contributed by atoms with van der Waals surface area (Å²) >= 11 is 0. The minimum atomic E-state index is -0.764. The fraction of sp³-hybridized carbons (Fsp3) is 0.655. The minimum absolute atomic E-state index is 0.0264. The number of fused-ring (bicyclic) bond motifs is 1. The second kappa shape index (κ2) is 11.8. The first-order valence-corrected chi connectivity index (χ1v) is 13.5. The third-order valence-corrected chi connectivity index (χ3v) is 7.30. The Kier molecular flexibility index (Phi) is 9.23. The number of nitrogens with zero attached hydrogens (tertiary/aromatic N) is 3. The highest BCUT2D eigenvalue weighted by Crippen LogP contribution is 2.33. The molecule has 0 saturated carbocycles. The summed E-state index contributed by atoms with van der Waals surface area (Å²) < 4.78 is 5.51. The molecule has 2 heterocycles. The van der Waals surface area contributed by atoms with E-state index < -0.39 is 18.2 Å². The smallest absolute Gasteiger partial charge is 0.252 e. The van der Waals surface area contributed by atoms with Crippen LogP contribution in [0.2, 0.25) is 0 Å². The SMILES string of the molecule is COC(CC(C)(C)C)C(=O)N1CC(=O)C2C1CCN2C(=O)C(CC(C)C)NC(=O)c1ccc(N(C)C)cc1. The minimum Gasteiger partial charge on any atom is -0.378 e. The molecule has 1 aromatic carbocycles. The number of likely N-dealkylation sites (tertiary alicyclic amines) is 2. The van der Waals surface area contributed by atoms with E-state index in [0.717, 1.165) is 5.69 Å². The van der Waals surface area contributed by atoms with Crippen LogP contribution in [0.15, 0.2) is 24.3 Å². The predicted octanol–water partition coefficient (Wildman–Crippen LogP) is 2.73. The van der Waals surface area contributed by atoms with Crippen molar-refractivity contribution in [2.75, 3.05) is 39.2 Å². The molecule has 0 aromatic heterocycles. The average molecular weight is 529 g/mol. The lowest BCUT2D eigenvalue weighted by Gasteiger charge is -2.31. The summed E-state index contributed by atoms with van der Waals surface area (Å²) in [5.74, 6) is -0.801. The number of nitrogens with one attached hydrogen (secondary N) is 1. The number of rotatable bonds is 9. The number of anilines is 1. The van der Waals surface area contributed by atoms with Crippen molar-refractivity contribution < 1.29 is 23.9 Å². The van der Waals surface area contributed by atoms with Gasteiger partial charge in [-0.2, -0.15) is 0 Å². The van der Waals surface area contributed by atoms with E-state index in [-0.39, 0.29) is 47.4 Å². The van der Waals surface area contributed by atoms with Gasteiger partial charge in [-0.05, 0) is 54.9 Å². The number of carbonyl (C=O) groups excluding carboxylic acids is 4. The van der Waals surface area contributed by atoms with Gasteiger partial charge in [-0.1, -0.05) is 34.6 Å². The van der Waals surface area contributed by atoms with E-state index in [9.17, 15) is 19.2 Å². The Morgan fingerprint density at radius 2 is 1.71 bits per heavy atom. The van der Waals surface area contributed by atoms with E-state index in [0.29, 0.717) is 31.4 Å². The molecule has 38 heavy (non-hydrogen) atoms. The molecule has 210 valence electrons. The molecule has 1 N–H and O–H groups in total. The van der Waals surface area contributed by atoms with Crippen molar-refractivity contribution in [1.29, 1.82) is 0 Å². The van der Waals surface area contributed by atoms with E-state index in [4.69, 9.17) is 4.74 Å². The number of hydrogen-bond donors (Lipinski definition) is 1. The zero-order valence-electron chi connectivity index (χ0n) is 24.1. The van der Waals surface area contributed by atoms with Crippen molar-refractivity contribution in [3.05, 3.63) is 29.8 Å². The maximum atomic E-state index is 13.8. The van der Waals surface area contributed by atoms with Gasteiger partial charge in [0.1, 0.15) is 18.2 Å². The lowest BCUT2D eigenvalue weighted by atomic mass is 9.88. The van der Waals surface area contributed by atoms with Gasteiger partial charge in [0.2, 0.25) is 5.91 Å². The van der Waals surface area contributed by atoms with Crippen LogP contribution in [0.4, 0.5) is 5.69 Å². The molecule has 0 bridgehead atoms. The molecule has 1 aromatic rings. The fourth-order valence-corrected chi connectivity index (χ4v) is 5.42. The van der Waals surface area contributed by atoms with Gasteiger partial charge in [0.05, 0.1) is 12.6 Å². The van der Waals surface area contributed by atoms with E-state index >= 15 is 0 Å². The Hall–Kier alpha value is -2.94. The summed E-state index contributed by atoms with van der Waals surface area (Å²) in [5.41, 5.74) is 1.32. The lowest BCUT2D eigenvalue weighted by molar-refractivity contribution is -0.145. The molecule has 4 unspecified atom stereocenters. The summed E-state index contributed by atoms with van der Waals surface area (Å²) in [6.45, 7) is 10.4. The zero-order valence-corrected chi connectivity index (χ0v) is 24.1. The quantitative estimate of drug-likeness (QED) is 0.529. The molecule has 9 nitrogen and oxygen atoms in total. The number of benzene rings is 1. The van der Waals surface area contributed by atoms with E-state index in [1.807, 2.05) is 65.7 Å². The van der Waals surface area contributed by atoms with E-state index in [2.05, 4.69) is 5.32 Å². The Bertz CT molecular complexity index is 1030. The largest absolute Gasteiger partial charge is 0.378 e. The highest BCUT2D eigenvalue weighted by molar-refractivity contribution is 6.01. The fourth-order valence-electron chi connectivity index (χ4n) is 5.42. The number of amides is 3. The van der Waals surface area contributed by atoms with Crippen LogP contribution in [0.25, 0.3) is 0 Å². The van der Waals surface area contributed by atoms with Gasteiger partial charge in [0, 0.05) is 39.0 Å². The normalized spacial score (nSPS) is 20.9. The summed E-state index contributed by atoms with van der Waals surface area (Å²) in [4.78, 5) is 58.4. The van der Waals surface area contributed by atoms with Crippen LogP contribution in [-0.4, -0.2) is 91.8 Å². The van der Waals surface area contributed by atoms with Gasteiger partial charge < -0.3 is 24.8 Å². The maximum absolute atomic E-state index is 13.8. The van der Waals surface area contributed by atoms with Gasteiger partial charge in [0.25, 0.3) is 11.8 Å². The third kappa shape index (κ3) is 6.73. The van der Waals surface area contributed by atoms with Crippen molar-refractivity contribution in [3.8, 4) is 0 Å². The summed E-state index contributed by atoms with van der Waals surface area (Å²) in [5, 5.41) is 2.92. The van der Waals surface area contributed by atoms with Crippen LogP contribution in [0, 0.1) is 11.3 Å². The van der Waals surface area contributed by atoms with Crippen LogP contribution in [0.1, 0.15) is 64.2 Å². The highest BCUT2D eigenvalue weighted by atomic mass is 16.5. The van der Waals surface area contributed by atoms with Crippen LogP contribution in [0.3, 0.4) is 0 Å². The molecular formula is C29H44N4O5. The monoisotopic (exact) mass is 528 g/mol. The topological polar surface area (TPSA) is 99.3 Å². The van der Waals surface area contributed by atoms with E-state index in [1.165, 1.54) is 7.11 Å². The van der Waals surface area contributed by atoms with Gasteiger partial charge in [-0.25, -0.2) is 0 Å². The number of ketones is 1. The molecule has 9 heteroatoms. The summed E-state index contributed by atoms with van der Waals surface area (Å²) in [7, 11) is 5.37. The molecule has 4 atom stereocenters. The molecule has 2 fully saturated rings. The molecule has 0 radical (unpaired) electrons. The Morgan fingerprint density at radius 1 is 1.08 bits per heavy atom. The Balaban J connectivity index is 1.76. The molecule has 0 spiro atoms. The molecular weight excluding hydrogens is 484 g/mol. The summed E-state index contributed by atoms with van der Waals surface area (Å²) in [6.07, 6.45) is 0.861. The number of carbonyl (C=O) groups is 4. The lowest BCUT2D eigenvalue weighted by Crippen LogP contribution is -2.53. The third-order valence-electron chi connectivity index (χ3n) is 7.30. The number of hydrogen-bond acceptors (Lipinski definition) is 6. The molecule has 2 aliphatic rings. The van der Waals surface area contributed by atoms with Crippen molar-refractivity contribution in [3.63, 3.8) is 0 Å². The first kappa shape index (κ1) is 29.6. The molecule has 2 saturated heterocycles. The van der Waals surface area contributed by atoms with Gasteiger partial charge >= 0.3 is 0 Å². The van der Waals surface area contributed by atoms with Crippen molar-refractivity contribution in [2.45, 2.75) is 78.1 Å². The van der Waals surface area contributed by atoms with Crippen molar-refractivity contribution in [1.82, 2.24) is 15.1 Å². The van der Waals surface area contributed by atoms with Crippen molar-refractivity contribution >= 4 is 29.2 Å². The van der Waals surface area contributed by atoms with Gasteiger partial charge in [-0.3, -0.25) is 19.2 Å². The zero-order chi connectivity index (χ0) is 28.4. The van der Waals surface area contributed by atoms with Crippen LogP contribution >= 0.6 is 0 Å². The van der Waals surface area contributed by atoms with Crippen LogP contribution < -0.4 is 10.2 Å². The standard InChI is InChI=1S/C29H44N4O5/c1-18(2)15-21(30-26(35)19-9-11-20(12-10-19)31(6)7)27(36)32-14-13-22-25(32)23(34)17-33(22)28(37)24(38-8)16-29(3,4)5/h9-12,18,21-22,24-25H,13-17H2,1-8H3,(H,30,35). The number of Topliss-reactive ketones (excluding diaryl/α,β-unsaturated/α-hetero) is 1. The Labute approximate surface area is 226 Å². The molecule has 3 amide bonds. The highest BCUT2D eigenvalue weighted by Gasteiger charge is 2.53. The van der Waals surface area contributed by atoms with Gasteiger partial charge in [0.15, 0.2) is 5.78 Å². The van der Waals surface area contributed by atoms with E-state index in [1.54, 1.807) is 21.9 Å². The first-order chi connectivity index (χ1) is 17.7. The van der Waals surface area contributed by atoms with Crippen LogP contribution in [-0.2, 0) is 19.1 Å². The second-order valence-electron chi connectivity index (χ2n) is 12.4. The Morgan fingerprint density at radius 3 is 2.24 bits per heavy atom. The molecule has 3 rings (SSSR count). The average Bonchev–Trinajstić information content (AvgIpc) is 3.41. The first-order valence-electron chi connectivity index (χ1n) is 13.5. The van der Waals surface area contributed by atoms with Gasteiger partial charge in [-0.15, -0.1) is 0 Å². The van der Waals surface area contributed by atoms with Crippen molar-refractivity contribution in [2.24, 2.45) is 11.3 Å². The predicted molar refractivity (Wildman–Crippen MR) is 147 cm³/mol.